The second-order valence-corrected chi connectivity index (χ2v) is 6.54. The lowest BCUT2D eigenvalue weighted by atomic mass is 10.2. The summed E-state index contributed by atoms with van der Waals surface area (Å²) in [6.45, 7) is 5.96. The van der Waals surface area contributed by atoms with Crippen molar-refractivity contribution < 1.29 is 0 Å². The summed E-state index contributed by atoms with van der Waals surface area (Å²) in [5, 5.41) is 8.21. The van der Waals surface area contributed by atoms with Crippen LogP contribution in [0.4, 0.5) is 0 Å². The van der Waals surface area contributed by atoms with Crippen molar-refractivity contribution in [1.82, 2.24) is 10.6 Å². The van der Waals surface area contributed by atoms with Crippen LogP contribution in [-0.2, 0) is 0 Å². The highest BCUT2D eigenvalue weighted by Crippen LogP contribution is 2.00. The van der Waals surface area contributed by atoms with Crippen molar-refractivity contribution in [2.45, 2.75) is 12.2 Å². The molecular formula is C12H20N2Si. The van der Waals surface area contributed by atoms with Gasteiger partial charge in [-0.3, -0.25) is 0 Å². The molecule has 2 N–H and O–H groups in total. The summed E-state index contributed by atoms with van der Waals surface area (Å²) in [6.07, 6.45) is 1.88. The molecular weight excluding hydrogens is 200 g/mol. The summed E-state index contributed by atoms with van der Waals surface area (Å²) in [5.41, 5.74) is 1.18. The molecule has 0 amide bonds. The Morgan fingerprint density at radius 3 is 2.13 bits per heavy atom. The van der Waals surface area contributed by atoms with Gasteiger partial charge in [0.1, 0.15) is 0 Å². The molecule has 0 aliphatic carbocycles. The molecule has 0 aliphatic rings. The molecule has 0 unspecified atom stereocenters. The molecule has 0 saturated heterocycles. The second-order valence-electron chi connectivity index (χ2n) is 3.95. The van der Waals surface area contributed by atoms with E-state index in [1.807, 2.05) is 20.2 Å². The third-order valence-electron chi connectivity index (χ3n) is 2.88. The standard InChI is InChI=1S/C12H20N2Si/c1-5-10-6-8-11(9-7-10)15-12(2,13-3)14-4/h5-9,13-14H,1,15H2,2-4H3. The van der Waals surface area contributed by atoms with Crippen LogP contribution < -0.4 is 15.8 Å². The zero-order valence-corrected chi connectivity index (χ0v) is 11.2. The Kier molecular flexibility index (Phi) is 4.26. The molecule has 1 aromatic rings. The molecule has 1 aromatic carbocycles. The monoisotopic (exact) mass is 220 g/mol. The van der Waals surface area contributed by atoms with E-state index < -0.39 is 0 Å². The van der Waals surface area contributed by atoms with Crippen LogP contribution >= 0.6 is 0 Å². The molecule has 3 heteroatoms. The summed E-state index contributed by atoms with van der Waals surface area (Å²) in [7, 11) is 3.63. The molecule has 0 saturated carbocycles. The van der Waals surface area contributed by atoms with Crippen LogP contribution in [0.3, 0.4) is 0 Å². The lowest BCUT2D eigenvalue weighted by molar-refractivity contribution is 0.466. The van der Waals surface area contributed by atoms with E-state index in [9.17, 15) is 0 Å². The van der Waals surface area contributed by atoms with Crippen molar-refractivity contribution >= 4 is 20.8 Å². The molecule has 0 heterocycles. The molecule has 0 bridgehead atoms. The number of nitrogens with one attached hydrogen (secondary N) is 2. The average Bonchev–Trinajstić information content (AvgIpc) is 2.30. The first-order valence-corrected chi connectivity index (χ1v) is 6.64. The van der Waals surface area contributed by atoms with Gasteiger partial charge in [0, 0.05) is 0 Å². The zero-order valence-electron chi connectivity index (χ0n) is 9.80. The third kappa shape index (κ3) is 3.30. The highest BCUT2D eigenvalue weighted by molar-refractivity contribution is 6.56. The molecule has 15 heavy (non-hydrogen) atoms. The van der Waals surface area contributed by atoms with Crippen LogP contribution in [0.2, 0.25) is 0 Å². The van der Waals surface area contributed by atoms with Crippen LogP contribution in [0, 0.1) is 0 Å². The van der Waals surface area contributed by atoms with Gasteiger partial charge >= 0.3 is 0 Å². The van der Waals surface area contributed by atoms with E-state index in [2.05, 4.69) is 48.4 Å². The van der Waals surface area contributed by atoms with Gasteiger partial charge in [-0.1, -0.05) is 42.1 Å². The van der Waals surface area contributed by atoms with Crippen molar-refractivity contribution in [3.63, 3.8) is 0 Å². The van der Waals surface area contributed by atoms with Gasteiger partial charge in [0.15, 0.2) is 0 Å². The summed E-state index contributed by atoms with van der Waals surface area (Å²) in [4.78, 5) is 0. The predicted molar refractivity (Wildman–Crippen MR) is 71.2 cm³/mol. The smallest absolute Gasteiger partial charge is 0.0952 e. The molecule has 1 rings (SSSR count). The number of benzene rings is 1. The Labute approximate surface area is 94.6 Å². The van der Waals surface area contributed by atoms with E-state index in [0.717, 1.165) is 0 Å². The lowest BCUT2D eigenvalue weighted by Gasteiger charge is -2.28. The fraction of sp³-hybridized carbons (Fsp3) is 0.333. The highest BCUT2D eigenvalue weighted by atomic mass is 28.2. The fourth-order valence-electron chi connectivity index (χ4n) is 1.48. The molecule has 0 fully saturated rings. The van der Waals surface area contributed by atoms with Gasteiger partial charge in [0.25, 0.3) is 0 Å². The highest BCUT2D eigenvalue weighted by Gasteiger charge is 2.19. The fourth-order valence-corrected chi connectivity index (χ4v) is 3.12. The Bertz CT molecular complexity index is 315. The Balaban J connectivity index is 2.76. The van der Waals surface area contributed by atoms with Crippen LogP contribution in [-0.4, -0.2) is 28.9 Å². The Morgan fingerprint density at radius 2 is 1.73 bits per heavy atom. The third-order valence-corrected chi connectivity index (χ3v) is 5.17. The molecule has 0 radical (unpaired) electrons. The van der Waals surface area contributed by atoms with E-state index in [4.69, 9.17) is 0 Å². The van der Waals surface area contributed by atoms with E-state index in [-0.39, 0.29) is 14.8 Å². The molecule has 0 spiro atoms. The summed E-state index contributed by atoms with van der Waals surface area (Å²) in [6, 6.07) is 8.66. The largest absolute Gasteiger partial charge is 0.306 e. The molecule has 82 valence electrons. The normalized spacial score (nSPS) is 12.2. The lowest BCUT2D eigenvalue weighted by Crippen LogP contribution is -2.59. The molecule has 0 aromatic heterocycles. The summed E-state index contributed by atoms with van der Waals surface area (Å²) >= 11 is 0. The Morgan fingerprint density at radius 1 is 1.20 bits per heavy atom. The maximum absolute atomic E-state index is 3.75. The van der Waals surface area contributed by atoms with Crippen molar-refractivity contribution in [3.05, 3.63) is 36.4 Å². The maximum atomic E-state index is 3.75. The average molecular weight is 220 g/mol. The van der Waals surface area contributed by atoms with Crippen LogP contribution in [0.1, 0.15) is 12.5 Å². The van der Waals surface area contributed by atoms with Crippen LogP contribution in [0.15, 0.2) is 30.8 Å². The van der Waals surface area contributed by atoms with Crippen molar-refractivity contribution in [2.24, 2.45) is 0 Å². The SMILES string of the molecule is C=Cc1ccc([SiH2]C(C)(NC)NC)cc1. The van der Waals surface area contributed by atoms with E-state index in [1.165, 1.54) is 10.8 Å². The zero-order chi connectivity index (χ0) is 11.3. The van der Waals surface area contributed by atoms with Crippen molar-refractivity contribution in [3.8, 4) is 0 Å². The Hall–Kier alpha value is -0.903. The quantitative estimate of drug-likeness (QED) is 0.548. The van der Waals surface area contributed by atoms with Crippen molar-refractivity contribution in [1.29, 1.82) is 0 Å². The molecule has 2 nitrogen and oxygen atoms in total. The predicted octanol–water partition coefficient (Wildman–Crippen LogP) is 0.236. The first kappa shape index (κ1) is 12.2. The minimum absolute atomic E-state index is 0.0930. The minimum atomic E-state index is -0.374. The van der Waals surface area contributed by atoms with Gasteiger partial charge < -0.3 is 10.6 Å². The van der Waals surface area contributed by atoms with Crippen LogP contribution in [0.5, 0.6) is 0 Å². The summed E-state index contributed by atoms with van der Waals surface area (Å²) < 4.78 is 0. The topological polar surface area (TPSA) is 24.1 Å². The summed E-state index contributed by atoms with van der Waals surface area (Å²) in [5.74, 6) is 0. The number of hydrogen-bond donors (Lipinski definition) is 2. The maximum Gasteiger partial charge on any atom is 0.0952 e. The van der Waals surface area contributed by atoms with Gasteiger partial charge in [-0.15, -0.1) is 0 Å². The van der Waals surface area contributed by atoms with Crippen molar-refractivity contribution in [2.75, 3.05) is 14.1 Å². The van der Waals surface area contributed by atoms with Crippen LogP contribution in [0.25, 0.3) is 6.08 Å². The molecule has 0 atom stereocenters. The van der Waals surface area contributed by atoms with Gasteiger partial charge in [0.05, 0.1) is 14.8 Å². The minimum Gasteiger partial charge on any atom is -0.306 e. The molecule has 0 aliphatic heterocycles. The van der Waals surface area contributed by atoms with E-state index in [1.54, 1.807) is 0 Å². The van der Waals surface area contributed by atoms with Gasteiger partial charge in [-0.25, -0.2) is 0 Å². The van der Waals surface area contributed by atoms with Gasteiger partial charge in [-0.2, -0.15) is 0 Å². The first-order chi connectivity index (χ1) is 7.13. The van der Waals surface area contributed by atoms with E-state index >= 15 is 0 Å². The van der Waals surface area contributed by atoms with E-state index in [0.29, 0.717) is 0 Å². The number of rotatable bonds is 5. The number of hydrogen-bond acceptors (Lipinski definition) is 2. The first-order valence-electron chi connectivity index (χ1n) is 5.23. The van der Waals surface area contributed by atoms with Gasteiger partial charge in [-0.05, 0) is 26.6 Å². The second kappa shape index (κ2) is 5.26. The van der Waals surface area contributed by atoms with Gasteiger partial charge in [0.2, 0.25) is 0 Å².